The van der Waals surface area contributed by atoms with Crippen LogP contribution in [0.2, 0.25) is 0 Å². The number of esters is 2. The highest BCUT2D eigenvalue weighted by atomic mass is 16.5. The summed E-state index contributed by atoms with van der Waals surface area (Å²) in [5.74, 6) is 1.72. The van der Waals surface area contributed by atoms with E-state index in [-0.39, 0.29) is 17.9 Å². The predicted molar refractivity (Wildman–Crippen MR) is 130 cm³/mol. The number of ether oxygens (including phenoxy) is 2. The van der Waals surface area contributed by atoms with Gasteiger partial charge in [-0.15, -0.1) is 0 Å². The molecule has 0 aromatic rings. The molecule has 0 saturated heterocycles. The van der Waals surface area contributed by atoms with Gasteiger partial charge in [0.15, 0.2) is 0 Å². The van der Waals surface area contributed by atoms with Gasteiger partial charge in [0.05, 0.1) is 19.1 Å². The van der Waals surface area contributed by atoms with Gasteiger partial charge in [0, 0.05) is 6.08 Å². The average molecular weight is 439 g/mol. The van der Waals surface area contributed by atoms with Crippen LogP contribution < -0.4 is 0 Å². The summed E-state index contributed by atoms with van der Waals surface area (Å²) in [6.07, 6.45) is 14.8. The lowest BCUT2D eigenvalue weighted by Crippen LogP contribution is -2.18. The second kappa shape index (κ2) is 19.4. The van der Waals surface area contributed by atoms with Gasteiger partial charge in [-0.25, -0.2) is 4.79 Å². The second-order valence-electron chi connectivity index (χ2n) is 9.56. The lowest BCUT2D eigenvalue weighted by molar-refractivity contribution is -0.148. The van der Waals surface area contributed by atoms with Crippen molar-refractivity contribution in [2.75, 3.05) is 13.2 Å². The smallest absolute Gasteiger partial charge is 0.330 e. The summed E-state index contributed by atoms with van der Waals surface area (Å²) in [6, 6.07) is 0. The number of hydrogen-bond donors (Lipinski definition) is 0. The first kappa shape index (κ1) is 29.7. The summed E-state index contributed by atoms with van der Waals surface area (Å²) in [5, 5.41) is 0. The second-order valence-corrected chi connectivity index (χ2v) is 9.56. The fourth-order valence-electron chi connectivity index (χ4n) is 3.74. The van der Waals surface area contributed by atoms with E-state index in [1.807, 2.05) is 6.92 Å². The summed E-state index contributed by atoms with van der Waals surface area (Å²) in [6.45, 7) is 15.6. The normalized spacial score (nSPS) is 15.0. The molecule has 0 aliphatic carbocycles. The molecular weight excluding hydrogens is 388 g/mol. The Morgan fingerprint density at radius 3 is 1.90 bits per heavy atom. The van der Waals surface area contributed by atoms with Crippen molar-refractivity contribution in [3.63, 3.8) is 0 Å². The SMILES string of the molecule is C=CC(=O)OCCCCCCOC(=O)C(C)CCC(C)C(C)CCC(C)CCCCC. The molecule has 4 heteroatoms. The summed E-state index contributed by atoms with van der Waals surface area (Å²) in [7, 11) is 0. The van der Waals surface area contributed by atoms with Crippen LogP contribution in [0.3, 0.4) is 0 Å². The van der Waals surface area contributed by atoms with Gasteiger partial charge in [-0.2, -0.15) is 0 Å². The zero-order chi connectivity index (χ0) is 23.5. The van der Waals surface area contributed by atoms with Crippen LogP contribution in [0.25, 0.3) is 0 Å². The van der Waals surface area contributed by atoms with Crippen LogP contribution in [0.5, 0.6) is 0 Å². The van der Waals surface area contributed by atoms with Crippen LogP contribution in [0, 0.1) is 23.7 Å². The van der Waals surface area contributed by atoms with Gasteiger partial charge in [0.25, 0.3) is 0 Å². The van der Waals surface area contributed by atoms with Gasteiger partial charge in [0.2, 0.25) is 0 Å². The molecule has 0 aromatic heterocycles. The highest BCUT2D eigenvalue weighted by Gasteiger charge is 2.19. The van der Waals surface area contributed by atoms with E-state index in [9.17, 15) is 9.59 Å². The Bertz CT molecular complexity index is 474. The van der Waals surface area contributed by atoms with Crippen molar-refractivity contribution in [2.24, 2.45) is 23.7 Å². The molecule has 0 aromatic carbocycles. The fraction of sp³-hybridized carbons (Fsp3) is 0.852. The molecule has 4 nitrogen and oxygen atoms in total. The van der Waals surface area contributed by atoms with Crippen LogP contribution >= 0.6 is 0 Å². The van der Waals surface area contributed by atoms with Crippen molar-refractivity contribution in [3.05, 3.63) is 12.7 Å². The molecule has 31 heavy (non-hydrogen) atoms. The zero-order valence-electron chi connectivity index (χ0n) is 21.1. The van der Waals surface area contributed by atoms with E-state index in [1.54, 1.807) is 0 Å². The predicted octanol–water partition coefficient (Wildman–Crippen LogP) is 7.50. The van der Waals surface area contributed by atoms with Crippen molar-refractivity contribution >= 4 is 11.9 Å². The molecule has 0 amide bonds. The maximum atomic E-state index is 12.2. The Morgan fingerprint density at radius 2 is 1.32 bits per heavy atom. The standard InChI is InChI=1S/C27H50O4/c1-7-9-12-15-22(3)16-17-23(4)24(5)18-19-25(6)27(29)31-21-14-11-10-13-20-30-26(28)8-2/h8,22-25H,2,7,9-21H2,1,3-6H3. The first-order chi connectivity index (χ1) is 14.8. The molecule has 0 heterocycles. The van der Waals surface area contributed by atoms with Crippen molar-refractivity contribution in [1.82, 2.24) is 0 Å². The zero-order valence-corrected chi connectivity index (χ0v) is 21.1. The molecule has 4 atom stereocenters. The van der Waals surface area contributed by atoms with E-state index in [4.69, 9.17) is 9.47 Å². The van der Waals surface area contributed by atoms with Crippen molar-refractivity contribution in [3.8, 4) is 0 Å². The molecule has 0 saturated carbocycles. The lowest BCUT2D eigenvalue weighted by Gasteiger charge is -2.22. The third-order valence-electron chi connectivity index (χ3n) is 6.54. The van der Waals surface area contributed by atoms with Crippen LogP contribution in [-0.2, 0) is 19.1 Å². The Hall–Kier alpha value is -1.32. The average Bonchev–Trinajstić information content (AvgIpc) is 2.76. The van der Waals surface area contributed by atoms with E-state index in [0.717, 1.165) is 44.4 Å². The Morgan fingerprint density at radius 1 is 0.742 bits per heavy atom. The minimum atomic E-state index is -0.372. The number of rotatable bonds is 20. The Kier molecular flexibility index (Phi) is 18.5. The molecule has 0 bridgehead atoms. The highest BCUT2D eigenvalue weighted by Crippen LogP contribution is 2.26. The largest absolute Gasteiger partial charge is 0.465 e. The highest BCUT2D eigenvalue weighted by molar-refractivity contribution is 5.81. The number of hydrogen-bond acceptors (Lipinski definition) is 4. The molecule has 0 rings (SSSR count). The van der Waals surface area contributed by atoms with Gasteiger partial charge in [-0.05, 0) is 56.3 Å². The number of carbonyl (C=O) groups is 2. The van der Waals surface area contributed by atoms with Crippen molar-refractivity contribution in [2.45, 2.75) is 112 Å². The maximum Gasteiger partial charge on any atom is 0.330 e. The van der Waals surface area contributed by atoms with E-state index in [2.05, 4.69) is 34.3 Å². The topological polar surface area (TPSA) is 52.6 Å². The maximum absolute atomic E-state index is 12.2. The van der Waals surface area contributed by atoms with Gasteiger partial charge >= 0.3 is 11.9 Å². The Labute approximate surface area is 192 Å². The summed E-state index contributed by atoms with van der Waals surface area (Å²) < 4.78 is 10.4. The van der Waals surface area contributed by atoms with E-state index in [0.29, 0.717) is 25.0 Å². The van der Waals surface area contributed by atoms with Gasteiger partial charge in [-0.1, -0.05) is 79.7 Å². The summed E-state index contributed by atoms with van der Waals surface area (Å²) in [4.78, 5) is 23.1. The summed E-state index contributed by atoms with van der Waals surface area (Å²) in [5.41, 5.74) is 0. The van der Waals surface area contributed by atoms with Crippen LogP contribution in [-0.4, -0.2) is 25.2 Å². The van der Waals surface area contributed by atoms with Crippen LogP contribution in [0.1, 0.15) is 112 Å². The van der Waals surface area contributed by atoms with E-state index in [1.165, 1.54) is 44.6 Å². The molecule has 0 fully saturated rings. The van der Waals surface area contributed by atoms with Crippen molar-refractivity contribution in [1.29, 1.82) is 0 Å². The first-order valence-electron chi connectivity index (χ1n) is 12.8. The monoisotopic (exact) mass is 438 g/mol. The van der Waals surface area contributed by atoms with Gasteiger partial charge in [0.1, 0.15) is 0 Å². The number of unbranched alkanes of at least 4 members (excludes halogenated alkanes) is 5. The third-order valence-corrected chi connectivity index (χ3v) is 6.54. The van der Waals surface area contributed by atoms with E-state index >= 15 is 0 Å². The van der Waals surface area contributed by atoms with Crippen LogP contribution in [0.15, 0.2) is 12.7 Å². The fourth-order valence-corrected chi connectivity index (χ4v) is 3.74. The van der Waals surface area contributed by atoms with E-state index < -0.39 is 0 Å². The molecule has 0 radical (unpaired) electrons. The quantitative estimate of drug-likeness (QED) is 0.112. The van der Waals surface area contributed by atoms with Crippen molar-refractivity contribution < 1.29 is 19.1 Å². The lowest BCUT2D eigenvalue weighted by atomic mass is 9.84. The molecular formula is C27H50O4. The molecule has 0 N–H and O–H groups in total. The third kappa shape index (κ3) is 17.0. The summed E-state index contributed by atoms with van der Waals surface area (Å²) >= 11 is 0. The molecule has 4 unspecified atom stereocenters. The molecule has 0 spiro atoms. The van der Waals surface area contributed by atoms with Gasteiger partial charge < -0.3 is 9.47 Å². The minimum absolute atomic E-state index is 0.0269. The van der Waals surface area contributed by atoms with Gasteiger partial charge in [-0.3, -0.25) is 4.79 Å². The van der Waals surface area contributed by atoms with Crippen LogP contribution in [0.4, 0.5) is 0 Å². The molecule has 0 aliphatic rings. The molecule has 0 aliphatic heterocycles. The Balaban J connectivity index is 3.79. The molecule has 182 valence electrons. The number of carbonyl (C=O) groups excluding carboxylic acids is 2. The first-order valence-corrected chi connectivity index (χ1v) is 12.8. The minimum Gasteiger partial charge on any atom is -0.465 e.